The largest absolute Gasteiger partial charge is 0.442 e. The molecule has 35 heavy (non-hydrogen) atoms. The maximum atomic E-state index is 13.3. The second-order valence-corrected chi connectivity index (χ2v) is 12.1. The molecule has 0 N–H and O–H groups in total. The molecular weight excluding hydrogens is 553 g/mol. The standard InChI is InChI=1S/C22H28BrF3N4O4S/c1-13(10-14-8-9-15(27-11-14)22(24,25)26)29(18(31)33-20(2,3)4)30(17-28-12-16(23)35-17)19(32)34-21(5,6)7/h8-9,11-13H,10H2,1-7H3/t13-/m0/s1. The minimum atomic E-state index is -4.57. The van der Waals surface area contributed by atoms with Crippen molar-refractivity contribution >= 4 is 44.6 Å². The number of alkyl halides is 3. The van der Waals surface area contributed by atoms with Crippen molar-refractivity contribution in [1.29, 1.82) is 0 Å². The maximum absolute atomic E-state index is 13.3. The van der Waals surface area contributed by atoms with Gasteiger partial charge in [0.05, 0.1) is 16.0 Å². The smallest absolute Gasteiger partial charge is 0.436 e. The summed E-state index contributed by atoms with van der Waals surface area (Å²) in [6.07, 6.45) is -3.68. The molecule has 0 aromatic carbocycles. The Morgan fingerprint density at radius 1 is 1.00 bits per heavy atom. The molecule has 8 nitrogen and oxygen atoms in total. The van der Waals surface area contributed by atoms with Crippen LogP contribution in [0.25, 0.3) is 0 Å². The van der Waals surface area contributed by atoms with Crippen LogP contribution in [0.1, 0.15) is 59.7 Å². The Labute approximate surface area is 214 Å². The third kappa shape index (κ3) is 8.64. The van der Waals surface area contributed by atoms with Crippen molar-refractivity contribution in [2.45, 2.75) is 78.3 Å². The zero-order valence-corrected chi connectivity index (χ0v) is 22.8. The predicted molar refractivity (Wildman–Crippen MR) is 129 cm³/mol. The van der Waals surface area contributed by atoms with E-state index in [1.807, 2.05) is 0 Å². The monoisotopic (exact) mass is 580 g/mol. The Balaban J connectivity index is 2.49. The van der Waals surface area contributed by atoms with E-state index in [0.717, 1.165) is 33.6 Å². The lowest BCUT2D eigenvalue weighted by atomic mass is 10.1. The van der Waals surface area contributed by atoms with Gasteiger partial charge in [-0.25, -0.2) is 19.6 Å². The molecule has 1 atom stereocenters. The van der Waals surface area contributed by atoms with Gasteiger partial charge in [0, 0.05) is 6.20 Å². The van der Waals surface area contributed by atoms with Gasteiger partial charge in [-0.3, -0.25) is 4.98 Å². The Morgan fingerprint density at radius 2 is 1.57 bits per heavy atom. The lowest BCUT2D eigenvalue weighted by Gasteiger charge is -2.38. The number of pyridine rings is 1. The van der Waals surface area contributed by atoms with Gasteiger partial charge >= 0.3 is 18.4 Å². The summed E-state index contributed by atoms with van der Waals surface area (Å²) in [6.45, 7) is 11.7. The fourth-order valence-electron chi connectivity index (χ4n) is 2.82. The number of carbonyl (C=O) groups is 2. The molecule has 0 saturated carbocycles. The topological polar surface area (TPSA) is 84.9 Å². The van der Waals surface area contributed by atoms with Gasteiger partial charge in [-0.15, -0.1) is 0 Å². The van der Waals surface area contributed by atoms with E-state index >= 15 is 0 Å². The highest BCUT2D eigenvalue weighted by molar-refractivity contribution is 9.11. The predicted octanol–water partition coefficient (Wildman–Crippen LogP) is 6.84. The molecule has 0 fully saturated rings. The molecule has 0 unspecified atom stereocenters. The van der Waals surface area contributed by atoms with E-state index in [9.17, 15) is 22.8 Å². The van der Waals surface area contributed by atoms with Gasteiger partial charge in [0.25, 0.3) is 0 Å². The molecule has 194 valence electrons. The second-order valence-electron chi connectivity index (χ2n) is 9.67. The Hall–Kier alpha value is -2.41. The fourth-order valence-corrected chi connectivity index (χ4v) is 3.99. The van der Waals surface area contributed by atoms with Gasteiger partial charge < -0.3 is 9.47 Å². The quantitative estimate of drug-likeness (QED) is 0.368. The molecule has 13 heteroatoms. The molecule has 2 aromatic heterocycles. The second kappa shape index (κ2) is 10.7. The van der Waals surface area contributed by atoms with Gasteiger partial charge in [0.1, 0.15) is 16.9 Å². The SMILES string of the molecule is C[C@@H](Cc1ccc(C(F)(F)F)nc1)N(C(=O)OC(C)(C)C)N(C(=O)OC(C)(C)C)c1ncc(Br)s1. The number of amides is 2. The van der Waals surface area contributed by atoms with Crippen LogP contribution in [0.5, 0.6) is 0 Å². The maximum Gasteiger partial charge on any atom is 0.436 e. The van der Waals surface area contributed by atoms with Crippen molar-refractivity contribution in [3.05, 3.63) is 39.6 Å². The van der Waals surface area contributed by atoms with Gasteiger partial charge in [0.2, 0.25) is 5.13 Å². The molecule has 0 aliphatic rings. The minimum Gasteiger partial charge on any atom is -0.442 e. The van der Waals surface area contributed by atoms with Crippen LogP contribution < -0.4 is 5.01 Å². The van der Waals surface area contributed by atoms with Crippen molar-refractivity contribution in [2.75, 3.05) is 5.01 Å². The first-order valence-electron chi connectivity index (χ1n) is 10.6. The zero-order valence-electron chi connectivity index (χ0n) is 20.4. The summed E-state index contributed by atoms with van der Waals surface area (Å²) in [5.74, 6) is 0. The zero-order chi connectivity index (χ0) is 26.8. The van der Waals surface area contributed by atoms with Crippen molar-refractivity contribution in [3.8, 4) is 0 Å². The lowest BCUT2D eigenvalue weighted by Crippen LogP contribution is -2.57. The number of rotatable bonds is 4. The van der Waals surface area contributed by atoms with E-state index in [1.54, 1.807) is 48.5 Å². The first kappa shape index (κ1) is 28.8. The van der Waals surface area contributed by atoms with Crippen molar-refractivity contribution in [2.24, 2.45) is 0 Å². The molecule has 0 aliphatic heterocycles. The normalized spacial score (nSPS) is 13.2. The highest BCUT2D eigenvalue weighted by atomic mass is 79.9. The van der Waals surface area contributed by atoms with E-state index in [-0.39, 0.29) is 11.6 Å². The molecule has 2 aromatic rings. The number of halogens is 4. The molecule has 0 aliphatic carbocycles. The van der Waals surface area contributed by atoms with Gasteiger partial charge in [0.15, 0.2) is 0 Å². The molecule has 2 heterocycles. The first-order valence-corrected chi connectivity index (χ1v) is 12.2. The number of hydrogen-bond acceptors (Lipinski definition) is 7. The highest BCUT2D eigenvalue weighted by Crippen LogP contribution is 2.32. The van der Waals surface area contributed by atoms with Crippen LogP contribution >= 0.6 is 27.3 Å². The molecule has 0 saturated heterocycles. The number of aromatic nitrogens is 2. The third-order valence-corrected chi connectivity index (χ3v) is 5.52. The summed E-state index contributed by atoms with van der Waals surface area (Å²) in [7, 11) is 0. The number of nitrogens with zero attached hydrogens (tertiary/aromatic N) is 4. The molecule has 0 radical (unpaired) electrons. The lowest BCUT2D eigenvalue weighted by molar-refractivity contribution is -0.141. The van der Waals surface area contributed by atoms with E-state index < -0.39 is 41.3 Å². The summed E-state index contributed by atoms with van der Waals surface area (Å²) in [5.41, 5.74) is -2.39. The number of anilines is 1. The van der Waals surface area contributed by atoms with E-state index in [2.05, 4.69) is 25.9 Å². The molecular formula is C22H28BrF3N4O4S. The molecule has 0 bridgehead atoms. The van der Waals surface area contributed by atoms with Crippen LogP contribution in [-0.4, -0.2) is 44.4 Å². The summed E-state index contributed by atoms with van der Waals surface area (Å²) in [4.78, 5) is 34.3. The van der Waals surface area contributed by atoms with Crippen LogP contribution in [0.2, 0.25) is 0 Å². The summed E-state index contributed by atoms with van der Waals surface area (Å²) in [5, 5.41) is 2.17. The number of hydrogen-bond donors (Lipinski definition) is 0. The first-order chi connectivity index (χ1) is 15.9. The average molecular weight is 581 g/mol. The third-order valence-electron chi connectivity index (χ3n) is 4.07. The number of hydrazine groups is 1. The molecule has 2 rings (SSSR count). The minimum absolute atomic E-state index is 0.0657. The van der Waals surface area contributed by atoms with Crippen molar-refractivity contribution in [3.63, 3.8) is 0 Å². The highest BCUT2D eigenvalue weighted by Gasteiger charge is 2.39. The van der Waals surface area contributed by atoms with Crippen LogP contribution in [-0.2, 0) is 22.1 Å². The van der Waals surface area contributed by atoms with E-state index in [4.69, 9.17) is 9.47 Å². The van der Waals surface area contributed by atoms with Crippen LogP contribution in [0.15, 0.2) is 28.3 Å². The number of thiazole rings is 1. The van der Waals surface area contributed by atoms with Crippen molar-refractivity contribution in [1.82, 2.24) is 15.0 Å². The Morgan fingerprint density at radius 3 is 2.00 bits per heavy atom. The Kier molecular flexibility index (Phi) is 8.80. The summed E-state index contributed by atoms with van der Waals surface area (Å²) in [6, 6.07) is 1.37. The van der Waals surface area contributed by atoms with Gasteiger partial charge in [-0.1, -0.05) is 17.4 Å². The number of ether oxygens (including phenoxy) is 2. The average Bonchev–Trinajstić information content (AvgIpc) is 3.08. The van der Waals surface area contributed by atoms with E-state index in [0.29, 0.717) is 9.35 Å². The summed E-state index contributed by atoms with van der Waals surface area (Å²) >= 11 is 4.39. The van der Waals surface area contributed by atoms with Crippen LogP contribution in [0.4, 0.5) is 27.9 Å². The Bertz CT molecular complexity index is 1030. The molecule has 2 amide bonds. The number of carbonyl (C=O) groups excluding carboxylic acids is 2. The molecule has 0 spiro atoms. The van der Waals surface area contributed by atoms with E-state index in [1.165, 1.54) is 12.3 Å². The van der Waals surface area contributed by atoms with Crippen molar-refractivity contribution < 1.29 is 32.2 Å². The van der Waals surface area contributed by atoms with Crippen LogP contribution in [0.3, 0.4) is 0 Å². The van der Waals surface area contributed by atoms with Gasteiger partial charge in [-0.05, 0) is 82.4 Å². The van der Waals surface area contributed by atoms with Crippen LogP contribution in [0, 0.1) is 0 Å². The fraction of sp³-hybridized carbons (Fsp3) is 0.545. The summed E-state index contributed by atoms with van der Waals surface area (Å²) < 4.78 is 50.4. The van der Waals surface area contributed by atoms with Gasteiger partial charge in [-0.2, -0.15) is 18.2 Å².